The molecule has 1 heterocycles. The van der Waals surface area contributed by atoms with Gasteiger partial charge in [0.15, 0.2) is 5.70 Å². The molecule has 0 bridgehead atoms. The molecule has 2 aromatic rings. The van der Waals surface area contributed by atoms with Crippen molar-refractivity contribution in [3.63, 3.8) is 0 Å². The monoisotopic (exact) mass is 467 g/mol. The second kappa shape index (κ2) is 8.01. The van der Waals surface area contributed by atoms with Crippen molar-refractivity contribution in [3.05, 3.63) is 67.9 Å². The van der Waals surface area contributed by atoms with Crippen molar-refractivity contribution in [2.45, 2.75) is 13.3 Å². The highest BCUT2D eigenvalue weighted by atomic mass is 127. The molecule has 0 atom stereocenters. The number of carbonyl (C=O) groups excluding carboxylic acids is 1. The number of rotatable bonds is 5. The Bertz CT molecular complexity index is 877. The van der Waals surface area contributed by atoms with Gasteiger partial charge in [0, 0.05) is 9.13 Å². The first-order valence-electron chi connectivity index (χ1n) is 7.78. The van der Waals surface area contributed by atoms with Crippen LogP contribution in [0.3, 0.4) is 0 Å². The molecule has 0 radical (unpaired) electrons. The van der Waals surface area contributed by atoms with Gasteiger partial charge in [-0.2, -0.15) is 0 Å². The maximum atomic E-state index is 12.2. The molecule has 0 saturated carbocycles. The molecule has 0 N–H and O–H groups in total. The SMILES string of the molecule is CCCOc1ccccc1C=C1N=C(c2cc(I)ccc2Cl)OC1=O. The van der Waals surface area contributed by atoms with Crippen LogP contribution < -0.4 is 4.74 Å². The van der Waals surface area contributed by atoms with Gasteiger partial charge in [-0.25, -0.2) is 9.79 Å². The van der Waals surface area contributed by atoms with Crippen LogP contribution in [-0.4, -0.2) is 18.5 Å². The lowest BCUT2D eigenvalue weighted by Crippen LogP contribution is -2.06. The Morgan fingerprint density at radius 2 is 2.08 bits per heavy atom. The third-order valence-corrected chi connectivity index (χ3v) is 4.45. The van der Waals surface area contributed by atoms with Crippen LogP contribution in [-0.2, 0) is 9.53 Å². The lowest BCUT2D eigenvalue weighted by atomic mass is 10.1. The fourth-order valence-electron chi connectivity index (χ4n) is 2.28. The Hall–Kier alpha value is -1.86. The number of halogens is 2. The maximum absolute atomic E-state index is 12.2. The molecule has 128 valence electrons. The van der Waals surface area contributed by atoms with Crippen LogP contribution in [0.25, 0.3) is 6.08 Å². The average molecular weight is 468 g/mol. The summed E-state index contributed by atoms with van der Waals surface area (Å²) >= 11 is 8.37. The third-order valence-electron chi connectivity index (χ3n) is 3.45. The summed E-state index contributed by atoms with van der Waals surface area (Å²) in [5.41, 5.74) is 1.60. The van der Waals surface area contributed by atoms with Crippen LogP contribution in [0.4, 0.5) is 0 Å². The molecular formula is C19H15ClINO3. The van der Waals surface area contributed by atoms with Crippen LogP contribution in [0.2, 0.25) is 5.02 Å². The number of nitrogens with zero attached hydrogens (tertiary/aromatic N) is 1. The topological polar surface area (TPSA) is 47.9 Å². The Balaban J connectivity index is 1.95. The summed E-state index contributed by atoms with van der Waals surface area (Å²) in [7, 11) is 0. The van der Waals surface area contributed by atoms with Gasteiger partial charge in [-0.3, -0.25) is 0 Å². The molecule has 25 heavy (non-hydrogen) atoms. The molecule has 0 unspecified atom stereocenters. The Kier molecular flexibility index (Phi) is 5.75. The van der Waals surface area contributed by atoms with E-state index in [2.05, 4.69) is 27.6 Å². The van der Waals surface area contributed by atoms with Crippen molar-refractivity contribution in [2.75, 3.05) is 6.61 Å². The number of para-hydroxylation sites is 1. The van der Waals surface area contributed by atoms with Crippen LogP contribution in [0.5, 0.6) is 5.75 Å². The van der Waals surface area contributed by atoms with Crippen molar-refractivity contribution in [2.24, 2.45) is 4.99 Å². The maximum Gasteiger partial charge on any atom is 0.363 e. The van der Waals surface area contributed by atoms with Gasteiger partial charge >= 0.3 is 5.97 Å². The first kappa shape index (κ1) is 17.9. The predicted octanol–water partition coefficient (Wildman–Crippen LogP) is 5.08. The van der Waals surface area contributed by atoms with E-state index in [1.807, 2.05) is 43.3 Å². The summed E-state index contributed by atoms with van der Waals surface area (Å²) in [4.78, 5) is 16.5. The van der Waals surface area contributed by atoms with E-state index in [1.54, 1.807) is 12.1 Å². The van der Waals surface area contributed by atoms with Crippen molar-refractivity contribution in [1.29, 1.82) is 0 Å². The summed E-state index contributed by atoms with van der Waals surface area (Å²) in [6.45, 7) is 2.65. The number of hydrogen-bond donors (Lipinski definition) is 0. The molecule has 2 aromatic carbocycles. The smallest absolute Gasteiger partial charge is 0.363 e. The summed E-state index contributed by atoms with van der Waals surface area (Å²) in [6.07, 6.45) is 2.57. The van der Waals surface area contributed by atoms with E-state index < -0.39 is 5.97 Å². The predicted molar refractivity (Wildman–Crippen MR) is 107 cm³/mol. The standard InChI is InChI=1S/C19H15ClINO3/c1-2-9-24-17-6-4-3-5-12(17)10-16-19(23)25-18(22-16)14-11-13(21)7-8-15(14)20/h3-8,10-11H,2,9H2,1H3. The number of hydrogen-bond acceptors (Lipinski definition) is 4. The van der Waals surface area contributed by atoms with E-state index in [0.717, 1.165) is 15.6 Å². The molecule has 0 fully saturated rings. The lowest BCUT2D eigenvalue weighted by molar-refractivity contribution is -0.129. The summed E-state index contributed by atoms with van der Waals surface area (Å²) < 4.78 is 12.0. The molecular weight excluding hydrogens is 453 g/mol. The molecule has 4 nitrogen and oxygen atoms in total. The molecule has 1 aliphatic rings. The fourth-order valence-corrected chi connectivity index (χ4v) is 2.97. The molecule has 1 aliphatic heterocycles. The molecule has 0 spiro atoms. The molecule has 6 heteroatoms. The summed E-state index contributed by atoms with van der Waals surface area (Å²) in [5, 5.41) is 0.486. The second-order valence-electron chi connectivity index (χ2n) is 5.35. The van der Waals surface area contributed by atoms with E-state index in [0.29, 0.717) is 22.9 Å². The minimum absolute atomic E-state index is 0.215. The quantitative estimate of drug-likeness (QED) is 0.350. The number of carbonyl (C=O) groups is 1. The minimum Gasteiger partial charge on any atom is -0.493 e. The van der Waals surface area contributed by atoms with Crippen molar-refractivity contribution >= 4 is 52.1 Å². The number of benzene rings is 2. The second-order valence-corrected chi connectivity index (χ2v) is 7.00. The lowest BCUT2D eigenvalue weighted by Gasteiger charge is -2.07. The normalized spacial score (nSPS) is 15.2. The highest BCUT2D eigenvalue weighted by Crippen LogP contribution is 2.27. The number of ether oxygens (including phenoxy) is 2. The van der Waals surface area contributed by atoms with E-state index in [-0.39, 0.29) is 11.6 Å². The first-order valence-corrected chi connectivity index (χ1v) is 9.24. The van der Waals surface area contributed by atoms with Crippen molar-refractivity contribution in [3.8, 4) is 5.75 Å². The van der Waals surface area contributed by atoms with Crippen LogP contribution in [0.15, 0.2) is 53.2 Å². The van der Waals surface area contributed by atoms with Crippen LogP contribution in [0.1, 0.15) is 24.5 Å². The van der Waals surface area contributed by atoms with Gasteiger partial charge in [0.25, 0.3) is 0 Å². The zero-order valence-electron chi connectivity index (χ0n) is 13.5. The van der Waals surface area contributed by atoms with E-state index >= 15 is 0 Å². The third kappa shape index (κ3) is 4.22. The van der Waals surface area contributed by atoms with Crippen molar-refractivity contribution < 1.29 is 14.3 Å². The minimum atomic E-state index is -0.504. The average Bonchev–Trinajstić information content (AvgIpc) is 2.97. The molecule has 0 aromatic heterocycles. The summed E-state index contributed by atoms with van der Waals surface area (Å²) in [5.74, 6) is 0.419. The summed E-state index contributed by atoms with van der Waals surface area (Å²) in [6, 6.07) is 13.0. The number of cyclic esters (lactones) is 1. The highest BCUT2D eigenvalue weighted by molar-refractivity contribution is 14.1. The highest BCUT2D eigenvalue weighted by Gasteiger charge is 2.26. The van der Waals surface area contributed by atoms with Gasteiger partial charge in [0.2, 0.25) is 5.90 Å². The Morgan fingerprint density at radius 3 is 2.88 bits per heavy atom. The zero-order valence-corrected chi connectivity index (χ0v) is 16.4. The van der Waals surface area contributed by atoms with Gasteiger partial charge in [0.05, 0.1) is 17.2 Å². The van der Waals surface area contributed by atoms with Crippen LogP contribution in [0, 0.1) is 3.57 Å². The molecule has 0 aliphatic carbocycles. The van der Waals surface area contributed by atoms with Gasteiger partial charge in [-0.15, -0.1) is 0 Å². The fraction of sp³-hybridized carbons (Fsp3) is 0.158. The number of esters is 1. The van der Waals surface area contributed by atoms with E-state index in [4.69, 9.17) is 21.1 Å². The van der Waals surface area contributed by atoms with Gasteiger partial charge in [-0.05, 0) is 59.4 Å². The largest absolute Gasteiger partial charge is 0.493 e. The van der Waals surface area contributed by atoms with Gasteiger partial charge in [0.1, 0.15) is 5.75 Å². The Labute approximate surface area is 164 Å². The first-order chi connectivity index (χ1) is 12.1. The zero-order chi connectivity index (χ0) is 17.8. The molecule has 3 rings (SSSR count). The van der Waals surface area contributed by atoms with Gasteiger partial charge in [-0.1, -0.05) is 36.7 Å². The van der Waals surface area contributed by atoms with E-state index in [1.165, 1.54) is 0 Å². The van der Waals surface area contributed by atoms with Crippen LogP contribution >= 0.6 is 34.2 Å². The number of aliphatic imine (C=N–C) groups is 1. The van der Waals surface area contributed by atoms with Gasteiger partial charge < -0.3 is 9.47 Å². The molecule has 0 saturated heterocycles. The van der Waals surface area contributed by atoms with E-state index in [9.17, 15) is 4.79 Å². The Morgan fingerprint density at radius 1 is 1.28 bits per heavy atom. The molecule has 0 amide bonds. The van der Waals surface area contributed by atoms with Crippen molar-refractivity contribution in [1.82, 2.24) is 0 Å².